The maximum atomic E-state index is 14.3. The van der Waals surface area contributed by atoms with Crippen LogP contribution in [0.15, 0.2) is 30.6 Å². The van der Waals surface area contributed by atoms with Gasteiger partial charge >= 0.3 is 6.09 Å². The first-order valence-electron chi connectivity index (χ1n) is 9.27. The molecule has 0 saturated carbocycles. The van der Waals surface area contributed by atoms with E-state index in [1.165, 1.54) is 27.7 Å². The van der Waals surface area contributed by atoms with Gasteiger partial charge in [0.15, 0.2) is 5.65 Å². The number of hydrogen-bond acceptors (Lipinski definition) is 6. The van der Waals surface area contributed by atoms with E-state index in [9.17, 15) is 14.0 Å². The van der Waals surface area contributed by atoms with Crippen molar-refractivity contribution in [3.05, 3.63) is 53.4 Å². The summed E-state index contributed by atoms with van der Waals surface area (Å²) in [4.78, 5) is 35.5. The number of ether oxygens (including phenoxy) is 1. The Hall–Kier alpha value is -3.56. The predicted octanol–water partition coefficient (Wildman–Crippen LogP) is 2.03. The topological polar surface area (TPSA) is 102 Å². The fourth-order valence-corrected chi connectivity index (χ4v) is 3.66. The molecule has 1 saturated heterocycles. The van der Waals surface area contributed by atoms with Crippen molar-refractivity contribution in [2.45, 2.75) is 31.8 Å². The third kappa shape index (κ3) is 2.96. The molecule has 148 valence electrons. The Morgan fingerprint density at radius 1 is 1.28 bits per heavy atom. The average Bonchev–Trinajstić information content (AvgIpc) is 3.28. The number of nitrogens with one attached hydrogen (secondary N) is 1. The Labute approximate surface area is 164 Å². The number of aromatic nitrogens is 4. The van der Waals surface area contributed by atoms with Crippen LogP contribution in [0.1, 0.15) is 41.1 Å². The number of carbonyl (C=O) groups is 2. The number of hydrogen-bond donors (Lipinski definition) is 1. The van der Waals surface area contributed by atoms with Crippen molar-refractivity contribution in [2.24, 2.45) is 0 Å². The number of amides is 2. The van der Waals surface area contributed by atoms with Crippen LogP contribution in [0.3, 0.4) is 0 Å². The number of anilines is 1. The number of nitrogens with zero attached hydrogens (tertiary/aromatic N) is 5. The molecule has 0 aliphatic carbocycles. The van der Waals surface area contributed by atoms with E-state index in [1.54, 1.807) is 12.3 Å². The highest BCUT2D eigenvalue weighted by molar-refractivity contribution is 6.00. The summed E-state index contributed by atoms with van der Waals surface area (Å²) in [5.74, 6) is -0.477. The van der Waals surface area contributed by atoms with Gasteiger partial charge in [0.2, 0.25) is 0 Å². The molecule has 5 rings (SSSR count). The SMILES string of the molecule is C[C@H]1CCc2cc(F)cc(n2)[C@H]2COC(=O)N2c2ccn3ncc(c3n2)C(=O)N1. The van der Waals surface area contributed by atoms with Gasteiger partial charge in [-0.25, -0.2) is 23.6 Å². The third-order valence-electron chi connectivity index (χ3n) is 5.13. The Morgan fingerprint density at radius 2 is 2.14 bits per heavy atom. The smallest absolute Gasteiger partial charge is 0.416 e. The van der Waals surface area contributed by atoms with E-state index < -0.39 is 18.0 Å². The van der Waals surface area contributed by atoms with Crippen molar-refractivity contribution in [1.82, 2.24) is 24.9 Å². The summed E-state index contributed by atoms with van der Waals surface area (Å²) in [5, 5.41) is 7.07. The van der Waals surface area contributed by atoms with Crippen molar-refractivity contribution in [2.75, 3.05) is 11.5 Å². The molecule has 2 atom stereocenters. The highest BCUT2D eigenvalue weighted by atomic mass is 19.1. The summed E-state index contributed by atoms with van der Waals surface area (Å²) in [5.41, 5.74) is 1.57. The maximum absolute atomic E-state index is 14.3. The molecule has 10 heteroatoms. The number of pyridine rings is 1. The standard InChI is InChI=1S/C19H17FN6O3/c1-10-2-3-12-6-11(20)7-14(23-12)15-9-29-19(28)26(15)16-4-5-25-17(24-16)13(8-21-25)18(27)22-10/h4-8,10,15H,2-3,9H2,1H3,(H,22,27)/t10-,15+/m0/s1. The van der Waals surface area contributed by atoms with Crippen molar-refractivity contribution < 1.29 is 18.7 Å². The number of halogens is 1. The highest BCUT2D eigenvalue weighted by Crippen LogP contribution is 2.32. The van der Waals surface area contributed by atoms with Crippen molar-refractivity contribution >= 4 is 23.5 Å². The van der Waals surface area contributed by atoms with Crippen LogP contribution in [-0.4, -0.2) is 44.2 Å². The van der Waals surface area contributed by atoms with E-state index in [2.05, 4.69) is 20.4 Å². The molecule has 5 heterocycles. The van der Waals surface area contributed by atoms with Crippen LogP contribution in [0.4, 0.5) is 15.0 Å². The Bertz CT molecular complexity index is 1150. The van der Waals surface area contributed by atoms with Crippen LogP contribution < -0.4 is 10.2 Å². The molecule has 0 unspecified atom stereocenters. The molecule has 2 amide bonds. The fourth-order valence-electron chi connectivity index (χ4n) is 3.66. The monoisotopic (exact) mass is 396 g/mol. The summed E-state index contributed by atoms with van der Waals surface area (Å²) in [6.45, 7) is 1.91. The lowest BCUT2D eigenvalue weighted by molar-refractivity contribution is 0.0939. The maximum Gasteiger partial charge on any atom is 0.416 e. The number of fused-ring (bicyclic) bond motifs is 6. The zero-order valence-electron chi connectivity index (χ0n) is 15.5. The van der Waals surface area contributed by atoms with E-state index in [4.69, 9.17) is 4.74 Å². The molecule has 1 N–H and O–H groups in total. The fraction of sp³-hybridized carbons (Fsp3) is 0.316. The average molecular weight is 396 g/mol. The van der Waals surface area contributed by atoms with Gasteiger partial charge in [-0.15, -0.1) is 0 Å². The van der Waals surface area contributed by atoms with Gasteiger partial charge in [-0.1, -0.05) is 0 Å². The van der Waals surface area contributed by atoms with Gasteiger partial charge in [0.25, 0.3) is 5.91 Å². The van der Waals surface area contributed by atoms with Crippen molar-refractivity contribution in [3.8, 4) is 0 Å². The first-order chi connectivity index (χ1) is 14.0. The van der Waals surface area contributed by atoms with Gasteiger partial charge in [-0.05, 0) is 38.0 Å². The predicted molar refractivity (Wildman–Crippen MR) is 99.0 cm³/mol. The molecular formula is C19H17FN6O3. The molecule has 0 aromatic carbocycles. The second kappa shape index (κ2) is 6.50. The second-order valence-electron chi connectivity index (χ2n) is 7.19. The molecule has 2 aliphatic heterocycles. The normalized spacial score (nSPS) is 21.7. The van der Waals surface area contributed by atoms with Gasteiger partial charge in [0.1, 0.15) is 29.8 Å². The van der Waals surface area contributed by atoms with Gasteiger partial charge in [-0.3, -0.25) is 9.78 Å². The number of rotatable bonds is 0. The van der Waals surface area contributed by atoms with Crippen molar-refractivity contribution in [3.63, 3.8) is 0 Å². The van der Waals surface area contributed by atoms with E-state index in [1.807, 2.05) is 6.92 Å². The summed E-state index contributed by atoms with van der Waals surface area (Å²) in [6, 6.07) is 3.49. The van der Waals surface area contributed by atoms with Crippen LogP contribution in [0, 0.1) is 5.82 Å². The molecule has 4 bridgehead atoms. The molecule has 0 spiro atoms. The lowest BCUT2D eigenvalue weighted by Crippen LogP contribution is -2.33. The molecule has 1 fully saturated rings. The number of aryl methyl sites for hydroxylation is 1. The quantitative estimate of drug-likeness (QED) is 0.624. The molecule has 3 aromatic rings. The largest absolute Gasteiger partial charge is 0.446 e. The van der Waals surface area contributed by atoms with E-state index in [0.29, 0.717) is 35.4 Å². The Kier molecular flexibility index (Phi) is 3.93. The van der Waals surface area contributed by atoms with Gasteiger partial charge in [0, 0.05) is 17.9 Å². The summed E-state index contributed by atoms with van der Waals surface area (Å²) >= 11 is 0. The van der Waals surface area contributed by atoms with Gasteiger partial charge in [0.05, 0.1) is 11.9 Å². The number of carbonyl (C=O) groups excluding carboxylic acids is 2. The molecule has 3 aromatic heterocycles. The second-order valence-corrected chi connectivity index (χ2v) is 7.19. The highest BCUT2D eigenvalue weighted by Gasteiger charge is 2.38. The lowest BCUT2D eigenvalue weighted by atomic mass is 10.1. The van der Waals surface area contributed by atoms with Crippen LogP contribution in [0.25, 0.3) is 5.65 Å². The third-order valence-corrected chi connectivity index (χ3v) is 5.13. The molecule has 2 aliphatic rings. The van der Waals surface area contributed by atoms with Gasteiger partial charge < -0.3 is 10.1 Å². The molecule has 0 radical (unpaired) electrons. The minimum atomic E-state index is -0.618. The Morgan fingerprint density at radius 3 is 3.00 bits per heavy atom. The zero-order valence-corrected chi connectivity index (χ0v) is 15.5. The van der Waals surface area contributed by atoms with Crippen LogP contribution >= 0.6 is 0 Å². The zero-order chi connectivity index (χ0) is 20.1. The van der Waals surface area contributed by atoms with E-state index in [0.717, 1.165) is 0 Å². The summed E-state index contributed by atoms with van der Waals surface area (Å²) < 4.78 is 20.9. The van der Waals surface area contributed by atoms with Gasteiger partial charge in [-0.2, -0.15) is 5.10 Å². The van der Waals surface area contributed by atoms with E-state index >= 15 is 0 Å². The first-order valence-corrected chi connectivity index (χ1v) is 9.27. The first kappa shape index (κ1) is 17.5. The minimum Gasteiger partial charge on any atom is -0.446 e. The summed E-state index contributed by atoms with van der Waals surface area (Å²) in [7, 11) is 0. The molecule has 9 nitrogen and oxygen atoms in total. The lowest BCUT2D eigenvalue weighted by Gasteiger charge is -2.21. The van der Waals surface area contributed by atoms with Crippen LogP contribution in [-0.2, 0) is 11.2 Å². The van der Waals surface area contributed by atoms with Crippen LogP contribution in [0.5, 0.6) is 0 Å². The number of cyclic esters (lactones) is 1. The van der Waals surface area contributed by atoms with E-state index in [-0.39, 0.29) is 24.4 Å². The Balaban J connectivity index is 1.70. The minimum absolute atomic E-state index is 0.0323. The molecular weight excluding hydrogens is 379 g/mol. The van der Waals surface area contributed by atoms with Crippen LogP contribution in [0.2, 0.25) is 0 Å². The molecule has 29 heavy (non-hydrogen) atoms. The van der Waals surface area contributed by atoms with Crippen molar-refractivity contribution in [1.29, 1.82) is 0 Å². The summed E-state index contributed by atoms with van der Waals surface area (Å²) in [6.07, 6.45) is 3.49.